The van der Waals surface area contributed by atoms with Crippen molar-refractivity contribution >= 4 is 17.5 Å². The quantitative estimate of drug-likeness (QED) is 0.910. The van der Waals surface area contributed by atoms with Gasteiger partial charge in [-0.15, -0.1) is 5.10 Å². The summed E-state index contributed by atoms with van der Waals surface area (Å²) in [4.78, 5) is 14.0. The molecule has 1 aliphatic heterocycles. The Kier molecular flexibility index (Phi) is 4.88. The van der Waals surface area contributed by atoms with Gasteiger partial charge in [-0.2, -0.15) is 0 Å². The van der Waals surface area contributed by atoms with Gasteiger partial charge in [-0.05, 0) is 46.9 Å². The van der Waals surface area contributed by atoms with Crippen LogP contribution in [0.4, 0.5) is 0 Å². The Hall–Kier alpha value is -1.99. The fourth-order valence-corrected chi connectivity index (χ4v) is 3.01. The number of carbonyl (C=O) groups is 1. The van der Waals surface area contributed by atoms with Gasteiger partial charge in [0.25, 0.3) is 0 Å². The van der Waals surface area contributed by atoms with Gasteiger partial charge in [0.15, 0.2) is 0 Å². The smallest absolute Gasteiger partial charge is 0.244 e. The number of rotatable bonds is 4. The summed E-state index contributed by atoms with van der Waals surface area (Å²) >= 11 is 5.87. The standard InChI is InChI=1S/C15H18ClN5O2/c16-13-3-1-11(2-4-13)15(23)12-5-7-20(8-6-12)14(22)9-21-10-17-18-19-21/h1-4,10,12,15,23H,5-9H2/t15-/m1/s1. The van der Waals surface area contributed by atoms with Gasteiger partial charge < -0.3 is 10.0 Å². The van der Waals surface area contributed by atoms with Crippen molar-refractivity contribution in [1.29, 1.82) is 0 Å². The van der Waals surface area contributed by atoms with Crippen LogP contribution in [-0.2, 0) is 11.3 Å². The number of nitrogens with zero attached hydrogens (tertiary/aromatic N) is 5. The highest BCUT2D eigenvalue weighted by molar-refractivity contribution is 6.30. The van der Waals surface area contributed by atoms with E-state index in [2.05, 4.69) is 15.5 Å². The van der Waals surface area contributed by atoms with Gasteiger partial charge in [-0.3, -0.25) is 4.79 Å². The summed E-state index contributed by atoms with van der Waals surface area (Å²) < 4.78 is 1.41. The maximum atomic E-state index is 12.2. The normalized spacial score (nSPS) is 17.2. The van der Waals surface area contributed by atoms with E-state index in [9.17, 15) is 9.90 Å². The molecule has 1 aromatic carbocycles. The number of hydrogen-bond donors (Lipinski definition) is 1. The number of aliphatic hydroxyl groups is 1. The number of benzene rings is 1. The highest BCUT2D eigenvalue weighted by atomic mass is 35.5. The zero-order chi connectivity index (χ0) is 16.2. The number of aliphatic hydroxyl groups excluding tert-OH is 1. The Balaban J connectivity index is 1.53. The number of halogens is 1. The van der Waals surface area contributed by atoms with Gasteiger partial charge >= 0.3 is 0 Å². The second-order valence-electron chi connectivity index (χ2n) is 5.72. The summed E-state index contributed by atoms with van der Waals surface area (Å²) in [7, 11) is 0. The number of tetrazole rings is 1. The van der Waals surface area contributed by atoms with Crippen LogP contribution in [0.2, 0.25) is 5.02 Å². The van der Waals surface area contributed by atoms with Crippen molar-refractivity contribution in [2.45, 2.75) is 25.5 Å². The van der Waals surface area contributed by atoms with E-state index in [1.165, 1.54) is 11.0 Å². The molecule has 0 saturated carbocycles. The number of hydrogen-bond acceptors (Lipinski definition) is 5. The van der Waals surface area contributed by atoms with Crippen LogP contribution in [0.15, 0.2) is 30.6 Å². The van der Waals surface area contributed by atoms with Crippen molar-refractivity contribution in [2.24, 2.45) is 5.92 Å². The minimum Gasteiger partial charge on any atom is -0.388 e. The Labute approximate surface area is 138 Å². The molecule has 122 valence electrons. The molecule has 2 heterocycles. The molecule has 2 aromatic rings. The minimum atomic E-state index is -0.524. The van der Waals surface area contributed by atoms with Gasteiger partial charge in [0.05, 0.1) is 6.10 Å². The molecule has 1 aromatic heterocycles. The number of piperidine rings is 1. The molecule has 1 N–H and O–H groups in total. The lowest BCUT2D eigenvalue weighted by atomic mass is 9.87. The lowest BCUT2D eigenvalue weighted by Crippen LogP contribution is -2.41. The summed E-state index contributed by atoms with van der Waals surface area (Å²) in [5.41, 5.74) is 0.868. The molecule has 1 atom stereocenters. The number of aromatic nitrogens is 4. The Morgan fingerprint density at radius 1 is 1.30 bits per heavy atom. The third-order valence-electron chi connectivity index (χ3n) is 4.24. The fraction of sp³-hybridized carbons (Fsp3) is 0.467. The van der Waals surface area contributed by atoms with Crippen LogP contribution in [0.25, 0.3) is 0 Å². The average molecular weight is 336 g/mol. The largest absolute Gasteiger partial charge is 0.388 e. The molecular formula is C15H18ClN5O2. The number of amides is 1. The van der Waals surface area contributed by atoms with E-state index in [0.717, 1.165) is 18.4 Å². The van der Waals surface area contributed by atoms with Crippen LogP contribution in [0.3, 0.4) is 0 Å². The first kappa shape index (κ1) is 15.9. The minimum absolute atomic E-state index is 0.00303. The van der Waals surface area contributed by atoms with Crippen LogP contribution < -0.4 is 0 Å². The van der Waals surface area contributed by atoms with E-state index >= 15 is 0 Å². The first-order valence-corrected chi connectivity index (χ1v) is 7.93. The van der Waals surface area contributed by atoms with Crippen molar-refractivity contribution in [3.63, 3.8) is 0 Å². The second-order valence-corrected chi connectivity index (χ2v) is 6.16. The van der Waals surface area contributed by atoms with E-state index in [0.29, 0.717) is 18.1 Å². The number of likely N-dealkylation sites (tertiary alicyclic amines) is 1. The maximum Gasteiger partial charge on any atom is 0.244 e. The van der Waals surface area contributed by atoms with Gasteiger partial charge in [0.2, 0.25) is 5.91 Å². The highest BCUT2D eigenvalue weighted by Crippen LogP contribution is 2.31. The van der Waals surface area contributed by atoms with Gasteiger partial charge in [0, 0.05) is 18.1 Å². The topological polar surface area (TPSA) is 84.1 Å². The van der Waals surface area contributed by atoms with Crippen molar-refractivity contribution in [2.75, 3.05) is 13.1 Å². The average Bonchev–Trinajstić information content (AvgIpc) is 3.08. The van der Waals surface area contributed by atoms with E-state index in [-0.39, 0.29) is 18.4 Å². The Morgan fingerprint density at radius 2 is 2.00 bits per heavy atom. The Morgan fingerprint density at radius 3 is 2.61 bits per heavy atom. The summed E-state index contributed by atoms with van der Waals surface area (Å²) in [6.45, 7) is 1.42. The van der Waals surface area contributed by atoms with E-state index in [1.54, 1.807) is 17.0 Å². The summed E-state index contributed by atoms with van der Waals surface area (Å²) in [6, 6.07) is 7.26. The molecule has 0 unspecified atom stereocenters. The van der Waals surface area contributed by atoms with Crippen molar-refractivity contribution in [3.05, 3.63) is 41.2 Å². The van der Waals surface area contributed by atoms with Crippen LogP contribution in [0, 0.1) is 5.92 Å². The summed E-state index contributed by atoms with van der Waals surface area (Å²) in [5, 5.41) is 21.9. The molecule has 1 fully saturated rings. The third kappa shape index (κ3) is 3.86. The van der Waals surface area contributed by atoms with Crippen LogP contribution >= 0.6 is 11.6 Å². The van der Waals surface area contributed by atoms with Gasteiger partial charge in [-0.25, -0.2) is 4.68 Å². The molecule has 0 aliphatic carbocycles. The predicted molar refractivity (Wildman–Crippen MR) is 83.5 cm³/mol. The Bertz CT molecular complexity index is 638. The monoisotopic (exact) mass is 335 g/mol. The van der Waals surface area contributed by atoms with Gasteiger partial charge in [0.1, 0.15) is 12.9 Å². The van der Waals surface area contributed by atoms with Crippen molar-refractivity contribution in [1.82, 2.24) is 25.1 Å². The number of carbonyl (C=O) groups excluding carboxylic acids is 1. The van der Waals surface area contributed by atoms with Crippen molar-refractivity contribution < 1.29 is 9.90 Å². The molecule has 8 heteroatoms. The van der Waals surface area contributed by atoms with Crippen LogP contribution in [0.5, 0.6) is 0 Å². The molecule has 1 aliphatic rings. The van der Waals surface area contributed by atoms with Crippen LogP contribution in [-0.4, -0.2) is 49.2 Å². The van der Waals surface area contributed by atoms with E-state index in [4.69, 9.17) is 11.6 Å². The molecule has 0 bridgehead atoms. The highest BCUT2D eigenvalue weighted by Gasteiger charge is 2.28. The summed E-state index contributed by atoms with van der Waals surface area (Å²) in [5.74, 6) is 0.144. The molecular weight excluding hydrogens is 318 g/mol. The molecule has 0 spiro atoms. The molecule has 7 nitrogen and oxygen atoms in total. The van der Waals surface area contributed by atoms with Crippen molar-refractivity contribution in [3.8, 4) is 0 Å². The zero-order valence-corrected chi connectivity index (χ0v) is 13.3. The van der Waals surface area contributed by atoms with Crippen LogP contribution in [0.1, 0.15) is 24.5 Å². The molecule has 1 saturated heterocycles. The van der Waals surface area contributed by atoms with E-state index < -0.39 is 6.10 Å². The SMILES string of the molecule is O=C(Cn1cnnn1)N1CCC([C@H](O)c2ccc(Cl)cc2)CC1. The van der Waals surface area contributed by atoms with E-state index in [1.807, 2.05) is 12.1 Å². The second kappa shape index (κ2) is 7.06. The molecule has 3 rings (SSSR count). The third-order valence-corrected chi connectivity index (χ3v) is 4.49. The fourth-order valence-electron chi connectivity index (χ4n) is 2.89. The first-order valence-electron chi connectivity index (χ1n) is 7.55. The lowest BCUT2D eigenvalue weighted by molar-refractivity contribution is -0.134. The summed E-state index contributed by atoms with van der Waals surface area (Å²) in [6.07, 6.45) is 2.44. The first-order chi connectivity index (χ1) is 11.1. The molecule has 0 radical (unpaired) electrons. The van der Waals surface area contributed by atoms with Gasteiger partial charge in [-0.1, -0.05) is 23.7 Å². The molecule has 1 amide bonds. The zero-order valence-electron chi connectivity index (χ0n) is 12.5. The lowest BCUT2D eigenvalue weighted by Gasteiger charge is -2.34. The maximum absolute atomic E-state index is 12.2. The molecule has 23 heavy (non-hydrogen) atoms. The predicted octanol–water partition coefficient (Wildman–Crippen LogP) is 1.30.